The van der Waals surface area contributed by atoms with E-state index in [2.05, 4.69) is 39.2 Å². The Kier molecular flexibility index (Phi) is 3.29. The number of pyridine rings is 1. The van der Waals surface area contributed by atoms with Crippen LogP contribution in [0.2, 0.25) is 0 Å². The third-order valence-electron chi connectivity index (χ3n) is 3.25. The first-order valence-electron chi connectivity index (χ1n) is 5.56. The van der Waals surface area contributed by atoms with Crippen molar-refractivity contribution in [1.82, 2.24) is 4.98 Å². The summed E-state index contributed by atoms with van der Waals surface area (Å²) in [4.78, 5) is 4.39. The highest BCUT2D eigenvalue weighted by Crippen LogP contribution is 2.28. The third-order valence-corrected chi connectivity index (χ3v) is 3.70. The van der Waals surface area contributed by atoms with E-state index in [1.54, 1.807) is 0 Å². The molecule has 1 aromatic rings. The van der Waals surface area contributed by atoms with Gasteiger partial charge in [0.2, 0.25) is 0 Å². The van der Waals surface area contributed by atoms with Crippen LogP contribution in [0.4, 0.5) is 5.69 Å². The molecular weight excluding hydrogens is 252 g/mol. The van der Waals surface area contributed by atoms with Crippen molar-refractivity contribution in [2.75, 3.05) is 5.32 Å². The number of hydrogen-bond acceptors (Lipinski definition) is 2. The maximum absolute atomic E-state index is 4.39. The molecule has 1 aliphatic carbocycles. The Bertz CT molecular complexity index is 351. The highest BCUT2D eigenvalue weighted by atomic mass is 79.9. The Hall–Kier alpha value is -0.570. The number of nitrogens with zero attached hydrogens (tertiary/aromatic N) is 1. The zero-order valence-electron chi connectivity index (χ0n) is 9.26. The molecule has 3 heteroatoms. The number of aryl methyl sites for hydroxylation is 1. The van der Waals surface area contributed by atoms with Crippen molar-refractivity contribution < 1.29 is 0 Å². The van der Waals surface area contributed by atoms with Gasteiger partial charge in [-0.1, -0.05) is 13.3 Å². The first-order chi connectivity index (χ1) is 7.16. The van der Waals surface area contributed by atoms with Gasteiger partial charge in [-0.15, -0.1) is 0 Å². The van der Waals surface area contributed by atoms with Crippen LogP contribution in [0.3, 0.4) is 0 Å². The topological polar surface area (TPSA) is 24.9 Å². The van der Waals surface area contributed by atoms with Gasteiger partial charge in [-0.25, -0.2) is 4.98 Å². The quantitative estimate of drug-likeness (QED) is 0.827. The lowest BCUT2D eigenvalue weighted by Gasteiger charge is -2.19. The predicted octanol–water partition coefficient (Wildman–Crippen LogP) is 3.75. The lowest BCUT2D eigenvalue weighted by atomic mass is 10.1. The molecule has 1 aliphatic rings. The Balaban J connectivity index is 2.10. The zero-order chi connectivity index (χ0) is 10.8. The Morgan fingerprint density at radius 3 is 2.80 bits per heavy atom. The molecule has 82 valence electrons. The van der Waals surface area contributed by atoms with Gasteiger partial charge < -0.3 is 5.32 Å². The lowest BCUT2D eigenvalue weighted by molar-refractivity contribution is 0.556. The summed E-state index contributed by atoms with van der Waals surface area (Å²) in [6.07, 6.45) is 3.99. The second-order valence-corrected chi connectivity index (χ2v) is 5.24. The number of anilines is 1. The number of rotatable bonds is 2. The third kappa shape index (κ3) is 2.51. The molecule has 2 unspecified atom stereocenters. The van der Waals surface area contributed by atoms with Gasteiger partial charge in [-0.3, -0.25) is 0 Å². The summed E-state index contributed by atoms with van der Waals surface area (Å²) in [5.41, 5.74) is 2.25. The molecule has 0 amide bonds. The molecule has 1 N–H and O–H groups in total. The van der Waals surface area contributed by atoms with E-state index in [1.807, 2.05) is 13.0 Å². The fraction of sp³-hybridized carbons (Fsp3) is 0.583. The van der Waals surface area contributed by atoms with Gasteiger partial charge in [0.1, 0.15) is 4.60 Å². The molecule has 1 heterocycles. The first kappa shape index (κ1) is 10.9. The minimum absolute atomic E-state index is 0.631. The molecular formula is C12H17BrN2. The molecule has 1 fully saturated rings. The average molecular weight is 269 g/mol. The fourth-order valence-corrected chi connectivity index (χ4v) is 2.64. The summed E-state index contributed by atoms with van der Waals surface area (Å²) in [5, 5.41) is 3.60. The summed E-state index contributed by atoms with van der Waals surface area (Å²) in [6.45, 7) is 4.37. The van der Waals surface area contributed by atoms with E-state index < -0.39 is 0 Å². The van der Waals surface area contributed by atoms with Crippen molar-refractivity contribution in [2.45, 2.75) is 39.2 Å². The van der Waals surface area contributed by atoms with Crippen LogP contribution in [0.15, 0.2) is 16.7 Å². The van der Waals surface area contributed by atoms with Crippen LogP contribution < -0.4 is 5.32 Å². The zero-order valence-corrected chi connectivity index (χ0v) is 10.8. The fourth-order valence-electron chi connectivity index (χ4n) is 2.24. The van der Waals surface area contributed by atoms with E-state index in [0.717, 1.165) is 16.2 Å². The Morgan fingerprint density at radius 2 is 2.20 bits per heavy atom. The van der Waals surface area contributed by atoms with Gasteiger partial charge >= 0.3 is 0 Å². The van der Waals surface area contributed by atoms with Crippen LogP contribution in [0.1, 0.15) is 31.9 Å². The predicted molar refractivity (Wildman–Crippen MR) is 67.1 cm³/mol. The van der Waals surface area contributed by atoms with Crippen LogP contribution in [0.5, 0.6) is 0 Å². The summed E-state index contributed by atoms with van der Waals surface area (Å²) < 4.78 is 0.907. The molecule has 2 nitrogen and oxygen atoms in total. The molecule has 0 saturated heterocycles. The van der Waals surface area contributed by atoms with Crippen LogP contribution >= 0.6 is 15.9 Å². The van der Waals surface area contributed by atoms with Gasteiger partial charge in [0.05, 0.1) is 11.4 Å². The van der Waals surface area contributed by atoms with Crippen LogP contribution in [0, 0.1) is 12.8 Å². The summed E-state index contributed by atoms with van der Waals surface area (Å²) in [6, 6.07) is 4.73. The smallest absolute Gasteiger partial charge is 0.106 e. The van der Waals surface area contributed by atoms with Crippen molar-refractivity contribution in [2.24, 2.45) is 5.92 Å². The van der Waals surface area contributed by atoms with E-state index in [1.165, 1.54) is 24.9 Å². The minimum Gasteiger partial charge on any atom is -0.381 e. The van der Waals surface area contributed by atoms with Crippen LogP contribution in [0.25, 0.3) is 0 Å². The van der Waals surface area contributed by atoms with Crippen molar-refractivity contribution in [3.05, 3.63) is 22.4 Å². The monoisotopic (exact) mass is 268 g/mol. The van der Waals surface area contributed by atoms with E-state index in [4.69, 9.17) is 0 Å². The van der Waals surface area contributed by atoms with Crippen LogP contribution in [-0.4, -0.2) is 11.0 Å². The molecule has 0 radical (unpaired) electrons. The number of halogens is 1. The molecule has 0 spiro atoms. The SMILES string of the molecule is Cc1nc(Br)ccc1NC1CCCC1C. The highest BCUT2D eigenvalue weighted by Gasteiger charge is 2.23. The Labute approximate surface area is 99.6 Å². The van der Waals surface area contributed by atoms with Gasteiger partial charge in [0.15, 0.2) is 0 Å². The number of hydrogen-bond donors (Lipinski definition) is 1. The molecule has 2 rings (SSSR count). The van der Waals surface area contributed by atoms with Gasteiger partial charge in [0.25, 0.3) is 0 Å². The minimum atomic E-state index is 0.631. The molecule has 2 atom stereocenters. The molecule has 1 aromatic heterocycles. The van der Waals surface area contributed by atoms with E-state index in [-0.39, 0.29) is 0 Å². The highest BCUT2D eigenvalue weighted by molar-refractivity contribution is 9.10. The van der Waals surface area contributed by atoms with Crippen molar-refractivity contribution in [3.8, 4) is 0 Å². The van der Waals surface area contributed by atoms with Gasteiger partial charge in [-0.05, 0) is 53.7 Å². The number of aromatic nitrogens is 1. The molecule has 0 aromatic carbocycles. The van der Waals surface area contributed by atoms with Crippen LogP contribution in [-0.2, 0) is 0 Å². The molecule has 1 saturated carbocycles. The molecule has 0 bridgehead atoms. The van der Waals surface area contributed by atoms with E-state index >= 15 is 0 Å². The maximum Gasteiger partial charge on any atom is 0.106 e. The van der Waals surface area contributed by atoms with Crippen molar-refractivity contribution in [3.63, 3.8) is 0 Å². The summed E-state index contributed by atoms with van der Waals surface area (Å²) >= 11 is 3.38. The first-order valence-corrected chi connectivity index (χ1v) is 6.36. The van der Waals surface area contributed by atoms with Crippen molar-refractivity contribution in [1.29, 1.82) is 0 Å². The second-order valence-electron chi connectivity index (χ2n) is 4.43. The molecule has 15 heavy (non-hydrogen) atoms. The normalized spacial score (nSPS) is 25.5. The van der Waals surface area contributed by atoms with Gasteiger partial charge in [-0.2, -0.15) is 0 Å². The second kappa shape index (κ2) is 4.52. The maximum atomic E-state index is 4.39. The van der Waals surface area contributed by atoms with E-state index in [9.17, 15) is 0 Å². The Morgan fingerprint density at radius 1 is 1.40 bits per heavy atom. The average Bonchev–Trinajstić information content (AvgIpc) is 2.57. The summed E-state index contributed by atoms with van der Waals surface area (Å²) in [7, 11) is 0. The number of nitrogens with one attached hydrogen (secondary N) is 1. The lowest BCUT2D eigenvalue weighted by Crippen LogP contribution is -2.22. The van der Waals surface area contributed by atoms with Crippen molar-refractivity contribution >= 4 is 21.6 Å². The van der Waals surface area contributed by atoms with E-state index in [0.29, 0.717) is 6.04 Å². The standard InChI is InChI=1S/C12H17BrN2/c1-8-4-3-5-10(8)15-11-6-7-12(13)14-9(11)2/h6-8,10,15H,3-5H2,1-2H3. The molecule has 0 aliphatic heterocycles. The summed E-state index contributed by atoms with van der Waals surface area (Å²) in [5.74, 6) is 0.785. The van der Waals surface area contributed by atoms with Gasteiger partial charge in [0, 0.05) is 6.04 Å². The largest absolute Gasteiger partial charge is 0.381 e.